The molecule has 1 amide bonds. The van der Waals surface area contributed by atoms with Crippen LogP contribution < -0.4 is 10.6 Å². The van der Waals surface area contributed by atoms with E-state index in [1.54, 1.807) is 10.9 Å². The summed E-state index contributed by atoms with van der Waals surface area (Å²) in [6, 6.07) is 10.2. The second kappa shape index (κ2) is 7.64. The number of rotatable bonds is 7. The van der Waals surface area contributed by atoms with Gasteiger partial charge < -0.3 is 10.6 Å². The number of aryl methyl sites for hydroxylation is 1. The van der Waals surface area contributed by atoms with Crippen molar-refractivity contribution in [3.05, 3.63) is 48.3 Å². The second-order valence-corrected chi connectivity index (χ2v) is 5.88. The first-order valence-electron chi connectivity index (χ1n) is 7.62. The van der Waals surface area contributed by atoms with E-state index in [0.717, 1.165) is 11.3 Å². The largest absolute Gasteiger partial charge is 0.380 e. The van der Waals surface area contributed by atoms with Gasteiger partial charge in [0.2, 0.25) is 5.91 Å². The predicted molar refractivity (Wildman–Crippen MR) is 88.7 cm³/mol. The van der Waals surface area contributed by atoms with Crippen molar-refractivity contribution >= 4 is 11.6 Å². The Morgan fingerprint density at radius 1 is 1.27 bits per heavy atom. The van der Waals surface area contributed by atoms with E-state index in [0.29, 0.717) is 12.5 Å². The lowest BCUT2D eigenvalue weighted by Gasteiger charge is -2.24. The van der Waals surface area contributed by atoms with Crippen molar-refractivity contribution in [2.24, 2.45) is 5.92 Å². The molecule has 1 aromatic heterocycles. The highest BCUT2D eigenvalue weighted by Gasteiger charge is 2.14. The molecule has 118 valence electrons. The molecule has 0 spiro atoms. The van der Waals surface area contributed by atoms with Gasteiger partial charge in [0.15, 0.2) is 0 Å². The number of carbonyl (C=O) groups is 1. The molecule has 2 aromatic rings. The SMILES string of the molecule is Cc1cnn(CC(=O)NC[C@H](Nc2ccccc2)C(C)C)c1. The zero-order valence-electron chi connectivity index (χ0n) is 13.4. The molecule has 5 nitrogen and oxygen atoms in total. The van der Waals surface area contributed by atoms with Gasteiger partial charge in [-0.15, -0.1) is 0 Å². The summed E-state index contributed by atoms with van der Waals surface area (Å²) in [4.78, 5) is 12.0. The van der Waals surface area contributed by atoms with Gasteiger partial charge in [0, 0.05) is 24.5 Å². The molecule has 1 aromatic carbocycles. The van der Waals surface area contributed by atoms with Crippen molar-refractivity contribution in [1.29, 1.82) is 0 Å². The second-order valence-electron chi connectivity index (χ2n) is 5.88. The minimum Gasteiger partial charge on any atom is -0.380 e. The molecule has 0 fully saturated rings. The van der Waals surface area contributed by atoms with Gasteiger partial charge in [-0.05, 0) is 30.5 Å². The fraction of sp³-hybridized carbons (Fsp3) is 0.412. The highest BCUT2D eigenvalue weighted by atomic mass is 16.2. The maximum Gasteiger partial charge on any atom is 0.241 e. The number of hydrogen-bond donors (Lipinski definition) is 2. The fourth-order valence-corrected chi connectivity index (χ4v) is 2.18. The van der Waals surface area contributed by atoms with E-state index in [2.05, 4.69) is 29.6 Å². The van der Waals surface area contributed by atoms with Crippen LogP contribution >= 0.6 is 0 Å². The summed E-state index contributed by atoms with van der Waals surface area (Å²) in [6.07, 6.45) is 3.61. The molecular formula is C17H24N4O. The number of benzene rings is 1. The molecule has 0 saturated heterocycles. The molecule has 1 atom stereocenters. The van der Waals surface area contributed by atoms with Crippen molar-refractivity contribution in [1.82, 2.24) is 15.1 Å². The molecule has 0 unspecified atom stereocenters. The van der Waals surface area contributed by atoms with Gasteiger partial charge in [0.25, 0.3) is 0 Å². The number of hydrogen-bond acceptors (Lipinski definition) is 3. The maximum absolute atomic E-state index is 12.0. The van der Waals surface area contributed by atoms with Crippen molar-refractivity contribution in [3.8, 4) is 0 Å². The number of anilines is 1. The van der Waals surface area contributed by atoms with Crippen LogP contribution in [0.5, 0.6) is 0 Å². The predicted octanol–water partition coefficient (Wildman–Crippen LogP) is 2.44. The van der Waals surface area contributed by atoms with Crippen LogP contribution in [-0.4, -0.2) is 28.3 Å². The van der Waals surface area contributed by atoms with Crippen molar-refractivity contribution in [2.75, 3.05) is 11.9 Å². The van der Waals surface area contributed by atoms with Crippen LogP contribution in [0, 0.1) is 12.8 Å². The third-order valence-corrected chi connectivity index (χ3v) is 3.52. The topological polar surface area (TPSA) is 59.0 Å². The summed E-state index contributed by atoms with van der Waals surface area (Å²) in [6.45, 7) is 7.09. The average Bonchev–Trinajstić information content (AvgIpc) is 2.89. The quantitative estimate of drug-likeness (QED) is 0.825. The van der Waals surface area contributed by atoms with Crippen LogP contribution in [0.3, 0.4) is 0 Å². The summed E-state index contributed by atoms with van der Waals surface area (Å²) < 4.78 is 1.65. The number of carbonyl (C=O) groups excluding carboxylic acids is 1. The van der Waals surface area contributed by atoms with Gasteiger partial charge in [-0.1, -0.05) is 32.0 Å². The Balaban J connectivity index is 1.84. The molecule has 0 aliphatic heterocycles. The van der Waals surface area contributed by atoms with Crippen molar-refractivity contribution in [2.45, 2.75) is 33.4 Å². The zero-order chi connectivity index (χ0) is 15.9. The Hall–Kier alpha value is -2.30. The summed E-state index contributed by atoms with van der Waals surface area (Å²) in [5.41, 5.74) is 2.12. The molecule has 2 N–H and O–H groups in total. The van der Waals surface area contributed by atoms with Gasteiger partial charge in [-0.25, -0.2) is 0 Å². The smallest absolute Gasteiger partial charge is 0.241 e. The lowest BCUT2D eigenvalue weighted by atomic mass is 10.0. The standard InChI is InChI=1S/C17H24N4O/c1-13(2)16(20-15-7-5-4-6-8-15)10-18-17(22)12-21-11-14(3)9-19-21/h4-9,11,13,16,20H,10,12H2,1-3H3,(H,18,22)/t16-/m0/s1. The lowest BCUT2D eigenvalue weighted by Crippen LogP contribution is -2.40. The highest BCUT2D eigenvalue weighted by molar-refractivity contribution is 5.75. The van der Waals surface area contributed by atoms with E-state index in [1.165, 1.54) is 0 Å². The van der Waals surface area contributed by atoms with Crippen LogP contribution in [0.4, 0.5) is 5.69 Å². The molecule has 0 aliphatic rings. The maximum atomic E-state index is 12.0. The van der Waals surface area contributed by atoms with Crippen LogP contribution in [-0.2, 0) is 11.3 Å². The van der Waals surface area contributed by atoms with Gasteiger partial charge in [0.05, 0.1) is 6.20 Å². The number of nitrogens with one attached hydrogen (secondary N) is 2. The average molecular weight is 300 g/mol. The molecule has 2 rings (SSSR count). The zero-order valence-corrected chi connectivity index (χ0v) is 13.4. The molecule has 0 aliphatic carbocycles. The summed E-state index contributed by atoms with van der Waals surface area (Å²) in [5, 5.41) is 10.6. The van der Waals surface area contributed by atoms with Gasteiger partial charge in [0.1, 0.15) is 6.54 Å². The van der Waals surface area contributed by atoms with Crippen molar-refractivity contribution < 1.29 is 4.79 Å². The first-order valence-corrected chi connectivity index (χ1v) is 7.62. The molecule has 0 saturated carbocycles. The lowest BCUT2D eigenvalue weighted by molar-refractivity contribution is -0.121. The first kappa shape index (κ1) is 16.1. The Kier molecular flexibility index (Phi) is 5.58. The van der Waals surface area contributed by atoms with E-state index in [9.17, 15) is 4.79 Å². The van der Waals surface area contributed by atoms with Crippen molar-refractivity contribution in [3.63, 3.8) is 0 Å². The third kappa shape index (κ3) is 4.91. The van der Waals surface area contributed by atoms with Crippen LogP contribution in [0.25, 0.3) is 0 Å². The van der Waals surface area contributed by atoms with Crippen LogP contribution in [0.15, 0.2) is 42.7 Å². The summed E-state index contributed by atoms with van der Waals surface area (Å²) >= 11 is 0. The molecular weight excluding hydrogens is 276 g/mol. The fourth-order valence-electron chi connectivity index (χ4n) is 2.18. The summed E-state index contributed by atoms with van der Waals surface area (Å²) in [5.74, 6) is 0.385. The molecule has 0 radical (unpaired) electrons. The first-order chi connectivity index (χ1) is 10.5. The van der Waals surface area contributed by atoms with Gasteiger partial charge in [-0.2, -0.15) is 5.10 Å². The van der Waals surface area contributed by atoms with Crippen LogP contribution in [0.2, 0.25) is 0 Å². The molecule has 1 heterocycles. The van der Waals surface area contributed by atoms with E-state index in [4.69, 9.17) is 0 Å². The molecule has 0 bridgehead atoms. The molecule has 5 heteroatoms. The Labute approximate surface area is 131 Å². The Morgan fingerprint density at radius 2 is 2.00 bits per heavy atom. The number of amides is 1. The van der Waals surface area contributed by atoms with Gasteiger partial charge >= 0.3 is 0 Å². The summed E-state index contributed by atoms with van der Waals surface area (Å²) in [7, 11) is 0. The number of nitrogens with zero attached hydrogens (tertiary/aromatic N) is 2. The number of para-hydroxylation sites is 1. The van der Waals surface area contributed by atoms with E-state index in [1.807, 2.05) is 43.5 Å². The van der Waals surface area contributed by atoms with E-state index < -0.39 is 0 Å². The minimum atomic E-state index is -0.0244. The third-order valence-electron chi connectivity index (χ3n) is 3.52. The van der Waals surface area contributed by atoms with Crippen LogP contribution in [0.1, 0.15) is 19.4 Å². The Bertz CT molecular complexity index is 592. The minimum absolute atomic E-state index is 0.0244. The van der Waals surface area contributed by atoms with E-state index >= 15 is 0 Å². The molecule has 22 heavy (non-hydrogen) atoms. The normalized spacial score (nSPS) is 12.2. The van der Waals surface area contributed by atoms with E-state index in [-0.39, 0.29) is 18.5 Å². The Morgan fingerprint density at radius 3 is 2.59 bits per heavy atom. The van der Waals surface area contributed by atoms with Gasteiger partial charge in [-0.3, -0.25) is 9.48 Å². The number of aromatic nitrogens is 2. The monoisotopic (exact) mass is 300 g/mol. The highest BCUT2D eigenvalue weighted by Crippen LogP contribution is 2.11.